The van der Waals surface area contributed by atoms with Gasteiger partial charge in [0.05, 0.1) is 29.2 Å². The predicted molar refractivity (Wildman–Crippen MR) is 121 cm³/mol. The van der Waals surface area contributed by atoms with Crippen molar-refractivity contribution in [2.45, 2.75) is 45.2 Å². The molecule has 0 saturated carbocycles. The van der Waals surface area contributed by atoms with E-state index in [2.05, 4.69) is 10.2 Å². The van der Waals surface area contributed by atoms with Crippen LogP contribution in [0.4, 0.5) is 17.6 Å². The minimum atomic E-state index is -1.53. The fourth-order valence-electron chi connectivity index (χ4n) is 5.17. The van der Waals surface area contributed by atoms with Gasteiger partial charge in [-0.15, -0.1) is 0 Å². The van der Waals surface area contributed by atoms with E-state index in [0.29, 0.717) is 30.7 Å². The van der Waals surface area contributed by atoms with Crippen LogP contribution in [-0.4, -0.2) is 36.2 Å². The third-order valence-electron chi connectivity index (χ3n) is 6.73. The Bertz CT molecular complexity index is 1440. The van der Waals surface area contributed by atoms with Gasteiger partial charge < -0.3 is 4.90 Å². The third kappa shape index (κ3) is 3.50. The van der Waals surface area contributed by atoms with E-state index < -0.39 is 29.3 Å². The van der Waals surface area contributed by atoms with Crippen molar-refractivity contribution in [2.75, 3.05) is 0 Å². The Balaban J connectivity index is 1.64. The summed E-state index contributed by atoms with van der Waals surface area (Å²) >= 11 is 0. The van der Waals surface area contributed by atoms with Gasteiger partial charge in [-0.1, -0.05) is 13.8 Å². The molecule has 5 rings (SSSR count). The maximum Gasteiger partial charge on any atom is 0.258 e. The maximum absolute atomic E-state index is 14.6. The average molecular weight is 485 g/mol. The van der Waals surface area contributed by atoms with E-state index in [4.69, 9.17) is 0 Å². The Morgan fingerprint density at radius 1 is 1.09 bits per heavy atom. The molecule has 6 nitrogen and oxygen atoms in total. The fraction of sp³-hybridized carbons (Fsp3) is 0.320. The summed E-state index contributed by atoms with van der Waals surface area (Å²) in [6, 6.07) is 3.97. The normalized spacial score (nSPS) is 17.7. The first kappa shape index (κ1) is 23.1. The van der Waals surface area contributed by atoms with Gasteiger partial charge in [-0.25, -0.2) is 22.1 Å². The van der Waals surface area contributed by atoms with Crippen molar-refractivity contribution in [1.29, 1.82) is 0 Å². The molecule has 1 aliphatic heterocycles. The van der Waals surface area contributed by atoms with E-state index in [1.54, 1.807) is 18.1 Å². The zero-order valence-electron chi connectivity index (χ0n) is 19.4. The van der Waals surface area contributed by atoms with E-state index >= 15 is 0 Å². The van der Waals surface area contributed by atoms with Crippen LogP contribution in [0.15, 0.2) is 36.7 Å². The molecule has 182 valence electrons. The van der Waals surface area contributed by atoms with Gasteiger partial charge in [0.15, 0.2) is 17.5 Å². The summed E-state index contributed by atoms with van der Waals surface area (Å²) < 4.78 is 59.1. The molecule has 4 heterocycles. The highest BCUT2D eigenvalue weighted by atomic mass is 19.2. The number of nitrogens with zero attached hydrogens (tertiary/aromatic N) is 5. The minimum Gasteiger partial charge on any atom is -0.327 e. The molecule has 0 fully saturated rings. The molecule has 35 heavy (non-hydrogen) atoms. The van der Waals surface area contributed by atoms with Crippen LogP contribution in [0, 0.1) is 23.3 Å². The third-order valence-corrected chi connectivity index (χ3v) is 6.73. The highest BCUT2D eigenvalue weighted by molar-refractivity contribution is 6.01. The van der Waals surface area contributed by atoms with Gasteiger partial charge >= 0.3 is 0 Å². The summed E-state index contributed by atoms with van der Waals surface area (Å²) in [4.78, 5) is 15.5. The number of amides is 1. The second-order valence-corrected chi connectivity index (χ2v) is 8.70. The zero-order chi connectivity index (χ0) is 25.0. The summed E-state index contributed by atoms with van der Waals surface area (Å²) in [6.07, 6.45) is 4.41. The maximum atomic E-state index is 14.6. The summed E-state index contributed by atoms with van der Waals surface area (Å²) in [5.41, 5.74) is 2.27. The van der Waals surface area contributed by atoms with E-state index in [-0.39, 0.29) is 28.6 Å². The monoisotopic (exact) mass is 485 g/mol. The molecule has 1 aromatic carbocycles. The summed E-state index contributed by atoms with van der Waals surface area (Å²) in [6.45, 7) is 3.85. The molecule has 10 heteroatoms. The molecular weight excluding hydrogens is 462 g/mol. The van der Waals surface area contributed by atoms with Gasteiger partial charge in [0.1, 0.15) is 11.3 Å². The number of hydrogen-bond acceptors (Lipinski definition) is 3. The van der Waals surface area contributed by atoms with Crippen molar-refractivity contribution in [1.82, 2.24) is 24.3 Å². The number of benzene rings is 1. The van der Waals surface area contributed by atoms with Crippen LogP contribution in [0.2, 0.25) is 0 Å². The first-order valence-electron chi connectivity index (χ1n) is 11.4. The van der Waals surface area contributed by atoms with Gasteiger partial charge in [-0.2, -0.15) is 10.2 Å². The zero-order valence-corrected chi connectivity index (χ0v) is 19.4. The molecule has 3 aromatic heterocycles. The number of halogens is 4. The van der Waals surface area contributed by atoms with Gasteiger partial charge in [0, 0.05) is 30.4 Å². The van der Waals surface area contributed by atoms with Gasteiger partial charge in [-0.05, 0) is 43.5 Å². The molecule has 0 radical (unpaired) electrons. The topological polar surface area (TPSA) is 55.4 Å². The minimum absolute atomic E-state index is 0.104. The first-order valence-corrected chi connectivity index (χ1v) is 11.4. The largest absolute Gasteiger partial charge is 0.327 e. The number of pyridine rings is 1. The molecule has 1 amide bonds. The predicted octanol–water partition coefficient (Wildman–Crippen LogP) is 5.22. The Morgan fingerprint density at radius 3 is 2.46 bits per heavy atom. The van der Waals surface area contributed by atoms with E-state index in [1.165, 1.54) is 27.5 Å². The van der Waals surface area contributed by atoms with Gasteiger partial charge in [0.25, 0.3) is 5.91 Å². The molecule has 0 bridgehead atoms. The quantitative estimate of drug-likeness (QED) is 0.294. The second-order valence-electron chi connectivity index (χ2n) is 8.70. The van der Waals surface area contributed by atoms with Crippen molar-refractivity contribution in [2.24, 2.45) is 7.05 Å². The van der Waals surface area contributed by atoms with Crippen LogP contribution in [0.3, 0.4) is 0 Å². The lowest BCUT2D eigenvalue weighted by Gasteiger charge is -2.41. The van der Waals surface area contributed by atoms with Crippen LogP contribution >= 0.6 is 0 Å². The number of aromatic nitrogens is 4. The van der Waals surface area contributed by atoms with Crippen LogP contribution < -0.4 is 0 Å². The van der Waals surface area contributed by atoms with Gasteiger partial charge in [-0.3, -0.25) is 9.48 Å². The molecule has 2 atom stereocenters. The Hall–Kier alpha value is -3.69. The smallest absolute Gasteiger partial charge is 0.258 e. The van der Waals surface area contributed by atoms with E-state index in [0.717, 1.165) is 17.7 Å². The highest BCUT2D eigenvalue weighted by Gasteiger charge is 2.41. The molecule has 0 N–H and O–H groups in total. The van der Waals surface area contributed by atoms with Gasteiger partial charge in [0.2, 0.25) is 0 Å². The fourth-order valence-corrected chi connectivity index (χ4v) is 5.17. The molecule has 0 spiro atoms. The summed E-state index contributed by atoms with van der Waals surface area (Å²) in [5, 5.41) is 8.74. The number of hydrogen-bond donors (Lipinski definition) is 0. The number of rotatable bonds is 4. The van der Waals surface area contributed by atoms with Crippen molar-refractivity contribution < 1.29 is 22.4 Å². The van der Waals surface area contributed by atoms with Crippen LogP contribution in [0.5, 0.6) is 0 Å². The molecule has 4 aromatic rings. The van der Waals surface area contributed by atoms with Crippen LogP contribution in [0.1, 0.15) is 54.3 Å². The molecule has 1 aliphatic rings. The molecule has 0 aliphatic carbocycles. The van der Waals surface area contributed by atoms with Crippen LogP contribution in [-0.2, 0) is 13.5 Å². The first-order chi connectivity index (χ1) is 16.8. The molecule has 2 unspecified atom stereocenters. The Morgan fingerprint density at radius 2 is 1.80 bits per heavy atom. The number of carbonyl (C=O) groups excluding carboxylic acids is 1. The van der Waals surface area contributed by atoms with Crippen molar-refractivity contribution in [3.8, 4) is 11.3 Å². The molecule has 0 saturated heterocycles. The second kappa shape index (κ2) is 8.51. The number of carbonyl (C=O) groups is 1. The van der Waals surface area contributed by atoms with E-state index in [9.17, 15) is 22.4 Å². The molecular formula is C25H23F4N5O. The van der Waals surface area contributed by atoms with Crippen molar-refractivity contribution >= 4 is 11.4 Å². The summed E-state index contributed by atoms with van der Waals surface area (Å²) in [5.74, 6) is -5.00. The van der Waals surface area contributed by atoms with Crippen LogP contribution in [0.25, 0.3) is 16.8 Å². The number of fused-ring (bicyclic) bond motifs is 2. The highest BCUT2D eigenvalue weighted by Crippen LogP contribution is 2.41. The lowest BCUT2D eigenvalue weighted by atomic mass is 9.87. The number of aryl methyl sites for hydroxylation is 1. The summed E-state index contributed by atoms with van der Waals surface area (Å²) in [7, 11) is 1.65. The Labute approximate surface area is 198 Å². The lowest BCUT2D eigenvalue weighted by molar-refractivity contribution is 0.0514. The van der Waals surface area contributed by atoms with E-state index in [1.807, 2.05) is 13.8 Å². The Kier molecular flexibility index (Phi) is 5.61. The van der Waals surface area contributed by atoms with Crippen molar-refractivity contribution in [3.05, 3.63) is 76.7 Å². The average Bonchev–Trinajstić information content (AvgIpc) is 3.41. The lowest BCUT2D eigenvalue weighted by Crippen LogP contribution is -2.47. The standard InChI is InChI=1S/C25H23F4N5O/c1-4-14-11-15-22(31-32(3)23(15)13-9-18(27)21(29)19(28)10-13)20(5-2)34(14)25(35)16-12-30-33-8-6-7-17(26)24(16)33/h6-10,12,14,20H,4-5,11H2,1-3H3. The SMILES string of the molecule is CCC1Cc2c(nn(C)c2-c2cc(F)c(F)c(F)c2)C(CC)N1C(=O)c1cnn2cccc(F)c12. The van der Waals surface area contributed by atoms with Crippen molar-refractivity contribution in [3.63, 3.8) is 0 Å².